The molecule has 1 N–H and O–H groups in total. The Morgan fingerprint density at radius 3 is 2.60 bits per heavy atom. The highest BCUT2D eigenvalue weighted by molar-refractivity contribution is 6.30. The number of benzene rings is 1. The zero-order valence-electron chi connectivity index (χ0n) is 14.6. The molecule has 1 aliphatic heterocycles. The maximum Gasteiger partial charge on any atom is 0.270 e. The van der Waals surface area contributed by atoms with E-state index in [0.717, 1.165) is 43.1 Å². The number of rotatable bonds is 4. The molecule has 1 aromatic carbocycles. The Hall–Kier alpha value is -2.14. The van der Waals surface area contributed by atoms with Crippen LogP contribution in [0.4, 0.5) is 5.95 Å². The fourth-order valence-corrected chi connectivity index (χ4v) is 3.02. The van der Waals surface area contributed by atoms with E-state index in [4.69, 9.17) is 11.6 Å². The van der Waals surface area contributed by atoms with Gasteiger partial charge in [0.25, 0.3) is 5.91 Å². The van der Waals surface area contributed by atoms with E-state index in [9.17, 15) is 4.79 Å². The largest absolute Gasteiger partial charge is 0.347 e. The van der Waals surface area contributed by atoms with Crippen molar-refractivity contribution < 1.29 is 4.79 Å². The van der Waals surface area contributed by atoms with E-state index < -0.39 is 0 Å². The van der Waals surface area contributed by atoms with Crippen LogP contribution in [0.1, 0.15) is 41.5 Å². The predicted molar refractivity (Wildman–Crippen MR) is 100 cm³/mol. The number of amides is 1. The average molecular weight is 359 g/mol. The molecule has 3 rings (SSSR count). The Balaban J connectivity index is 1.68. The standard InChI is InChI=1S/C19H23ClN4O/c1-13-7-9-24(10-8-13)19-22-14(2)11-17(23-19)18(25)21-12-15-3-5-16(20)6-4-15/h3-6,11,13H,7-10,12H2,1-2H3,(H,21,25). The summed E-state index contributed by atoms with van der Waals surface area (Å²) < 4.78 is 0. The molecule has 132 valence electrons. The molecule has 0 saturated carbocycles. The molecule has 1 saturated heterocycles. The van der Waals surface area contributed by atoms with Crippen molar-refractivity contribution >= 4 is 23.5 Å². The minimum absolute atomic E-state index is 0.188. The van der Waals surface area contributed by atoms with Crippen molar-refractivity contribution in [1.29, 1.82) is 0 Å². The number of hydrogen-bond donors (Lipinski definition) is 1. The lowest BCUT2D eigenvalue weighted by Gasteiger charge is -2.30. The van der Waals surface area contributed by atoms with Crippen LogP contribution in [0.25, 0.3) is 0 Å². The summed E-state index contributed by atoms with van der Waals surface area (Å²) in [6.45, 7) is 6.49. The van der Waals surface area contributed by atoms with Gasteiger partial charge in [-0.05, 0) is 49.4 Å². The second-order valence-electron chi connectivity index (χ2n) is 6.67. The molecule has 2 heterocycles. The molecule has 1 aliphatic rings. The molecular formula is C19H23ClN4O. The summed E-state index contributed by atoms with van der Waals surface area (Å²) in [6.07, 6.45) is 2.27. The van der Waals surface area contributed by atoms with Gasteiger partial charge in [0, 0.05) is 30.4 Å². The molecule has 0 unspecified atom stereocenters. The molecule has 0 bridgehead atoms. The summed E-state index contributed by atoms with van der Waals surface area (Å²) in [7, 11) is 0. The lowest BCUT2D eigenvalue weighted by atomic mass is 10.00. The van der Waals surface area contributed by atoms with Gasteiger partial charge >= 0.3 is 0 Å². The van der Waals surface area contributed by atoms with Crippen molar-refractivity contribution in [3.05, 3.63) is 52.3 Å². The van der Waals surface area contributed by atoms with E-state index in [1.807, 2.05) is 31.2 Å². The molecule has 6 heteroatoms. The molecule has 0 spiro atoms. The minimum atomic E-state index is -0.188. The summed E-state index contributed by atoms with van der Waals surface area (Å²) in [4.78, 5) is 23.7. The van der Waals surface area contributed by atoms with Crippen LogP contribution in [0.3, 0.4) is 0 Å². The molecule has 5 nitrogen and oxygen atoms in total. The molecule has 25 heavy (non-hydrogen) atoms. The van der Waals surface area contributed by atoms with E-state index >= 15 is 0 Å². The van der Waals surface area contributed by atoms with Gasteiger partial charge in [-0.2, -0.15) is 0 Å². The second kappa shape index (κ2) is 7.83. The zero-order chi connectivity index (χ0) is 17.8. The number of carbonyl (C=O) groups excluding carboxylic acids is 1. The average Bonchev–Trinajstić information content (AvgIpc) is 2.61. The summed E-state index contributed by atoms with van der Waals surface area (Å²) in [6, 6.07) is 9.15. The zero-order valence-corrected chi connectivity index (χ0v) is 15.4. The summed E-state index contributed by atoms with van der Waals surface area (Å²) >= 11 is 5.88. The molecular weight excluding hydrogens is 336 g/mol. The second-order valence-corrected chi connectivity index (χ2v) is 7.11. The predicted octanol–water partition coefficient (Wildman–Crippen LogP) is 3.60. The van der Waals surface area contributed by atoms with Crippen LogP contribution in [0.5, 0.6) is 0 Å². The van der Waals surface area contributed by atoms with Gasteiger partial charge in [0.15, 0.2) is 0 Å². The molecule has 1 aromatic heterocycles. The van der Waals surface area contributed by atoms with Gasteiger partial charge in [0.1, 0.15) is 5.69 Å². The first-order valence-electron chi connectivity index (χ1n) is 8.64. The van der Waals surface area contributed by atoms with Crippen molar-refractivity contribution in [3.63, 3.8) is 0 Å². The third-order valence-electron chi connectivity index (χ3n) is 4.51. The van der Waals surface area contributed by atoms with Crippen LogP contribution >= 0.6 is 11.6 Å². The SMILES string of the molecule is Cc1cc(C(=O)NCc2ccc(Cl)cc2)nc(N2CCC(C)CC2)n1. The van der Waals surface area contributed by atoms with Crippen LogP contribution in [-0.4, -0.2) is 29.0 Å². The van der Waals surface area contributed by atoms with Crippen molar-refractivity contribution in [2.45, 2.75) is 33.2 Å². The number of hydrogen-bond acceptors (Lipinski definition) is 4. The Morgan fingerprint density at radius 2 is 1.92 bits per heavy atom. The quantitative estimate of drug-likeness (QED) is 0.907. The molecule has 0 atom stereocenters. The number of carbonyl (C=O) groups is 1. The van der Waals surface area contributed by atoms with Crippen molar-refractivity contribution in [1.82, 2.24) is 15.3 Å². The number of aromatic nitrogens is 2. The number of anilines is 1. The van der Waals surface area contributed by atoms with Crippen LogP contribution in [0.2, 0.25) is 5.02 Å². The Kier molecular flexibility index (Phi) is 5.53. The molecule has 2 aromatic rings. The Labute approximate surface area is 153 Å². The Morgan fingerprint density at radius 1 is 1.24 bits per heavy atom. The lowest BCUT2D eigenvalue weighted by Crippen LogP contribution is -2.35. The van der Waals surface area contributed by atoms with Crippen molar-refractivity contribution in [3.8, 4) is 0 Å². The maximum absolute atomic E-state index is 12.5. The van der Waals surface area contributed by atoms with E-state index in [0.29, 0.717) is 23.2 Å². The van der Waals surface area contributed by atoms with Crippen LogP contribution in [0, 0.1) is 12.8 Å². The Bertz CT molecular complexity index is 740. The van der Waals surface area contributed by atoms with Gasteiger partial charge in [0.05, 0.1) is 0 Å². The third-order valence-corrected chi connectivity index (χ3v) is 4.76. The molecule has 0 radical (unpaired) electrons. The number of nitrogens with one attached hydrogen (secondary N) is 1. The molecule has 0 aliphatic carbocycles. The highest BCUT2D eigenvalue weighted by Gasteiger charge is 2.20. The summed E-state index contributed by atoms with van der Waals surface area (Å²) in [5.41, 5.74) is 2.21. The fourth-order valence-electron chi connectivity index (χ4n) is 2.89. The molecule has 1 amide bonds. The van der Waals surface area contributed by atoms with Gasteiger partial charge in [0.2, 0.25) is 5.95 Å². The molecule has 1 fully saturated rings. The highest BCUT2D eigenvalue weighted by Crippen LogP contribution is 2.20. The third kappa shape index (κ3) is 4.69. The first-order valence-corrected chi connectivity index (χ1v) is 9.02. The van der Waals surface area contributed by atoms with Crippen LogP contribution in [0.15, 0.2) is 30.3 Å². The summed E-state index contributed by atoms with van der Waals surface area (Å²) in [5.74, 6) is 1.21. The summed E-state index contributed by atoms with van der Waals surface area (Å²) in [5, 5.41) is 3.59. The van der Waals surface area contributed by atoms with E-state index in [1.165, 1.54) is 0 Å². The first kappa shape index (κ1) is 17.7. The fraction of sp³-hybridized carbons (Fsp3) is 0.421. The van der Waals surface area contributed by atoms with Crippen molar-refractivity contribution in [2.24, 2.45) is 5.92 Å². The first-order chi connectivity index (χ1) is 12.0. The lowest BCUT2D eigenvalue weighted by molar-refractivity contribution is 0.0945. The smallest absolute Gasteiger partial charge is 0.270 e. The number of aryl methyl sites for hydroxylation is 1. The van der Waals surface area contributed by atoms with Gasteiger partial charge in [-0.1, -0.05) is 30.7 Å². The maximum atomic E-state index is 12.5. The van der Waals surface area contributed by atoms with E-state index in [2.05, 4.69) is 27.1 Å². The number of halogens is 1. The van der Waals surface area contributed by atoms with E-state index in [1.54, 1.807) is 6.07 Å². The van der Waals surface area contributed by atoms with Crippen LogP contribution in [-0.2, 0) is 6.54 Å². The topological polar surface area (TPSA) is 58.1 Å². The number of piperidine rings is 1. The van der Waals surface area contributed by atoms with Gasteiger partial charge in [-0.3, -0.25) is 4.79 Å². The normalized spacial score (nSPS) is 15.2. The highest BCUT2D eigenvalue weighted by atomic mass is 35.5. The number of nitrogens with zero attached hydrogens (tertiary/aromatic N) is 3. The van der Waals surface area contributed by atoms with E-state index in [-0.39, 0.29) is 5.91 Å². The van der Waals surface area contributed by atoms with Gasteiger partial charge in [-0.25, -0.2) is 9.97 Å². The van der Waals surface area contributed by atoms with Crippen molar-refractivity contribution in [2.75, 3.05) is 18.0 Å². The monoisotopic (exact) mass is 358 g/mol. The van der Waals surface area contributed by atoms with Gasteiger partial charge in [-0.15, -0.1) is 0 Å². The van der Waals surface area contributed by atoms with Crippen LogP contribution < -0.4 is 10.2 Å². The minimum Gasteiger partial charge on any atom is -0.347 e. The van der Waals surface area contributed by atoms with Gasteiger partial charge < -0.3 is 10.2 Å².